The lowest BCUT2D eigenvalue weighted by Gasteiger charge is -2.32. The normalized spacial score (nSPS) is 20.3. The van der Waals surface area contributed by atoms with Crippen molar-refractivity contribution in [3.63, 3.8) is 0 Å². The lowest BCUT2D eigenvalue weighted by atomic mass is 9.99. The third-order valence-corrected chi connectivity index (χ3v) is 3.00. The summed E-state index contributed by atoms with van der Waals surface area (Å²) in [7, 11) is 1.73. The number of aldehydes is 1. The third-order valence-electron chi connectivity index (χ3n) is 3.00. The Labute approximate surface area is 101 Å². The Balaban J connectivity index is 2.02. The Kier molecular flexibility index (Phi) is 4.03. The summed E-state index contributed by atoms with van der Waals surface area (Å²) in [4.78, 5) is 21.1. The molecule has 0 amide bonds. The van der Waals surface area contributed by atoms with Gasteiger partial charge in [0.2, 0.25) is 5.95 Å². The first kappa shape index (κ1) is 12.0. The number of ether oxygens (including phenoxy) is 1. The molecule has 1 aromatic rings. The number of hydrogen-bond donors (Lipinski definition) is 0. The van der Waals surface area contributed by atoms with Crippen LogP contribution in [0.1, 0.15) is 23.2 Å². The Morgan fingerprint density at radius 1 is 1.53 bits per heavy atom. The fourth-order valence-electron chi connectivity index (χ4n) is 2.17. The van der Waals surface area contributed by atoms with Crippen molar-refractivity contribution in [1.82, 2.24) is 9.97 Å². The van der Waals surface area contributed by atoms with Gasteiger partial charge in [-0.25, -0.2) is 9.97 Å². The van der Waals surface area contributed by atoms with Gasteiger partial charge >= 0.3 is 0 Å². The second kappa shape index (κ2) is 5.72. The molecule has 5 nitrogen and oxygen atoms in total. The van der Waals surface area contributed by atoms with E-state index in [0.717, 1.165) is 32.4 Å². The predicted molar refractivity (Wildman–Crippen MR) is 64.2 cm³/mol. The maximum Gasteiger partial charge on any atom is 0.225 e. The first-order valence-electron chi connectivity index (χ1n) is 5.84. The van der Waals surface area contributed by atoms with Gasteiger partial charge < -0.3 is 9.64 Å². The largest absolute Gasteiger partial charge is 0.384 e. The number of nitrogens with zero attached hydrogens (tertiary/aromatic N) is 3. The van der Waals surface area contributed by atoms with E-state index in [9.17, 15) is 4.79 Å². The molecule has 1 aliphatic heterocycles. The number of anilines is 1. The lowest BCUT2D eigenvalue weighted by Crippen LogP contribution is -2.38. The first-order chi connectivity index (χ1) is 8.33. The van der Waals surface area contributed by atoms with Crippen LogP contribution in [0.15, 0.2) is 12.4 Å². The van der Waals surface area contributed by atoms with E-state index < -0.39 is 0 Å². The number of rotatable bonds is 4. The highest BCUT2D eigenvalue weighted by molar-refractivity contribution is 5.73. The molecule has 17 heavy (non-hydrogen) atoms. The van der Waals surface area contributed by atoms with Crippen LogP contribution in [-0.2, 0) is 4.74 Å². The molecular formula is C12H17N3O2. The summed E-state index contributed by atoms with van der Waals surface area (Å²) in [6.07, 6.45) is 6.21. The Hall–Kier alpha value is -1.49. The van der Waals surface area contributed by atoms with E-state index in [2.05, 4.69) is 14.9 Å². The Morgan fingerprint density at radius 2 is 2.29 bits per heavy atom. The SMILES string of the molecule is COCC1CCCN(c2ncc(C=O)cn2)C1. The van der Waals surface area contributed by atoms with Gasteiger partial charge in [0, 0.05) is 32.6 Å². The van der Waals surface area contributed by atoms with Gasteiger partial charge in [-0.2, -0.15) is 0 Å². The van der Waals surface area contributed by atoms with E-state index >= 15 is 0 Å². The molecule has 0 radical (unpaired) electrons. The molecule has 1 aromatic heterocycles. The van der Waals surface area contributed by atoms with E-state index in [-0.39, 0.29) is 0 Å². The Morgan fingerprint density at radius 3 is 2.94 bits per heavy atom. The van der Waals surface area contributed by atoms with Crippen LogP contribution >= 0.6 is 0 Å². The lowest BCUT2D eigenvalue weighted by molar-refractivity contribution is 0.112. The van der Waals surface area contributed by atoms with Crippen molar-refractivity contribution < 1.29 is 9.53 Å². The second-order valence-corrected chi connectivity index (χ2v) is 4.34. The third kappa shape index (κ3) is 3.00. The summed E-state index contributed by atoms with van der Waals surface area (Å²) >= 11 is 0. The number of hydrogen-bond acceptors (Lipinski definition) is 5. The van der Waals surface area contributed by atoms with E-state index in [1.807, 2.05) is 0 Å². The molecule has 1 unspecified atom stereocenters. The highest BCUT2D eigenvalue weighted by Gasteiger charge is 2.21. The average Bonchev–Trinajstić information content (AvgIpc) is 2.40. The molecule has 1 aliphatic rings. The number of aromatic nitrogens is 2. The van der Waals surface area contributed by atoms with Crippen LogP contribution in [0.2, 0.25) is 0 Å². The molecule has 2 rings (SSSR count). The van der Waals surface area contributed by atoms with E-state index in [0.29, 0.717) is 17.4 Å². The van der Waals surface area contributed by atoms with Gasteiger partial charge in [0.1, 0.15) is 0 Å². The van der Waals surface area contributed by atoms with Crippen molar-refractivity contribution in [2.45, 2.75) is 12.8 Å². The van der Waals surface area contributed by atoms with Crippen LogP contribution < -0.4 is 4.90 Å². The molecular weight excluding hydrogens is 218 g/mol. The smallest absolute Gasteiger partial charge is 0.225 e. The quantitative estimate of drug-likeness (QED) is 0.733. The summed E-state index contributed by atoms with van der Waals surface area (Å²) < 4.78 is 5.19. The van der Waals surface area contributed by atoms with Gasteiger partial charge in [-0.1, -0.05) is 0 Å². The van der Waals surface area contributed by atoms with Crippen LogP contribution in [0.5, 0.6) is 0 Å². The number of carbonyl (C=O) groups is 1. The van der Waals surface area contributed by atoms with Gasteiger partial charge in [0.15, 0.2) is 6.29 Å². The zero-order valence-corrected chi connectivity index (χ0v) is 10.0. The van der Waals surface area contributed by atoms with Crippen LogP contribution in [0, 0.1) is 5.92 Å². The summed E-state index contributed by atoms with van der Waals surface area (Å²) in [6.45, 7) is 2.68. The van der Waals surface area contributed by atoms with Crippen LogP contribution in [0.4, 0.5) is 5.95 Å². The molecule has 0 saturated carbocycles. The maximum atomic E-state index is 10.5. The molecule has 92 valence electrons. The highest BCUT2D eigenvalue weighted by atomic mass is 16.5. The van der Waals surface area contributed by atoms with Crippen LogP contribution in [0.25, 0.3) is 0 Å². The predicted octanol–water partition coefficient (Wildman–Crippen LogP) is 1.15. The molecule has 0 aromatic carbocycles. The minimum atomic E-state index is 0.513. The monoisotopic (exact) mass is 235 g/mol. The maximum absolute atomic E-state index is 10.5. The van der Waals surface area contributed by atoms with E-state index in [4.69, 9.17) is 4.74 Å². The summed E-state index contributed by atoms with van der Waals surface area (Å²) in [5, 5.41) is 0. The number of carbonyl (C=O) groups excluding carboxylic acids is 1. The van der Waals surface area contributed by atoms with Crippen molar-refractivity contribution in [1.29, 1.82) is 0 Å². The molecule has 1 fully saturated rings. The molecule has 2 heterocycles. The van der Waals surface area contributed by atoms with Gasteiger partial charge in [-0.05, 0) is 18.8 Å². The first-order valence-corrected chi connectivity index (χ1v) is 5.84. The van der Waals surface area contributed by atoms with Crippen molar-refractivity contribution in [2.75, 3.05) is 31.7 Å². The van der Waals surface area contributed by atoms with Gasteiger partial charge in [-0.3, -0.25) is 4.79 Å². The number of piperidine rings is 1. The Bertz CT molecular complexity index is 365. The standard InChI is InChI=1S/C12H17N3O2/c1-17-9-10-3-2-4-15(7-10)12-13-5-11(8-16)6-14-12/h5-6,8,10H,2-4,7,9H2,1H3. The molecule has 0 N–H and O–H groups in total. The van der Waals surface area contributed by atoms with Crippen molar-refractivity contribution in [2.24, 2.45) is 5.92 Å². The minimum Gasteiger partial charge on any atom is -0.384 e. The zero-order valence-electron chi connectivity index (χ0n) is 10.0. The fraction of sp³-hybridized carbons (Fsp3) is 0.583. The summed E-state index contributed by atoms with van der Waals surface area (Å²) in [5.74, 6) is 1.25. The summed E-state index contributed by atoms with van der Waals surface area (Å²) in [5.41, 5.74) is 0.513. The van der Waals surface area contributed by atoms with E-state index in [1.165, 1.54) is 6.42 Å². The zero-order chi connectivity index (χ0) is 12.1. The molecule has 0 spiro atoms. The number of methoxy groups -OCH3 is 1. The van der Waals surface area contributed by atoms with Crippen LogP contribution in [0.3, 0.4) is 0 Å². The molecule has 1 saturated heterocycles. The van der Waals surface area contributed by atoms with Crippen molar-refractivity contribution in [3.8, 4) is 0 Å². The van der Waals surface area contributed by atoms with Gasteiger partial charge in [0.05, 0.1) is 12.2 Å². The summed E-state index contributed by atoms with van der Waals surface area (Å²) in [6, 6.07) is 0. The average molecular weight is 235 g/mol. The highest BCUT2D eigenvalue weighted by Crippen LogP contribution is 2.20. The van der Waals surface area contributed by atoms with E-state index in [1.54, 1.807) is 19.5 Å². The van der Waals surface area contributed by atoms with Gasteiger partial charge in [0.25, 0.3) is 0 Å². The van der Waals surface area contributed by atoms with Crippen molar-refractivity contribution >= 4 is 12.2 Å². The minimum absolute atomic E-state index is 0.513. The van der Waals surface area contributed by atoms with Crippen molar-refractivity contribution in [3.05, 3.63) is 18.0 Å². The second-order valence-electron chi connectivity index (χ2n) is 4.34. The molecule has 0 bridgehead atoms. The van der Waals surface area contributed by atoms with Gasteiger partial charge in [-0.15, -0.1) is 0 Å². The van der Waals surface area contributed by atoms with Crippen LogP contribution in [-0.4, -0.2) is 43.1 Å². The fourth-order valence-corrected chi connectivity index (χ4v) is 2.17. The molecule has 5 heteroatoms. The molecule has 1 atom stereocenters. The topological polar surface area (TPSA) is 55.3 Å². The molecule has 0 aliphatic carbocycles.